The standard InChI is InChI=1S/C20H27N3O3/c1-3-13-5-10-16-17(11-13)18(4-2)22-23(20(16)26)12-19(25)21-14-6-8-15(24)9-7-14/h5,10-11,14-15,24H,3-4,6-9,12H2,1-2H3,(H,21,25)/t14-,15-. The molecule has 6 heteroatoms. The summed E-state index contributed by atoms with van der Waals surface area (Å²) in [5.41, 5.74) is 1.78. The summed E-state index contributed by atoms with van der Waals surface area (Å²) in [6.07, 6.45) is 4.30. The van der Waals surface area contributed by atoms with Crippen LogP contribution in [0.1, 0.15) is 50.8 Å². The lowest BCUT2D eigenvalue weighted by Crippen LogP contribution is -2.42. The van der Waals surface area contributed by atoms with Crippen LogP contribution in [0, 0.1) is 0 Å². The SMILES string of the molecule is CCc1ccc2c(=O)n(CC(=O)N[C@H]3CC[C@H](O)CC3)nc(CC)c2c1. The van der Waals surface area contributed by atoms with Gasteiger partial charge in [-0.3, -0.25) is 9.59 Å². The number of benzene rings is 1. The number of carbonyl (C=O) groups excluding carboxylic acids is 1. The molecule has 2 aromatic rings. The molecule has 0 bridgehead atoms. The third kappa shape index (κ3) is 3.96. The molecule has 140 valence electrons. The van der Waals surface area contributed by atoms with Crippen LogP contribution >= 0.6 is 0 Å². The lowest BCUT2D eigenvalue weighted by Gasteiger charge is -2.26. The number of aromatic nitrogens is 2. The molecule has 1 fully saturated rings. The lowest BCUT2D eigenvalue weighted by molar-refractivity contribution is -0.123. The number of hydrogen-bond acceptors (Lipinski definition) is 4. The molecule has 0 saturated heterocycles. The number of nitrogens with one attached hydrogen (secondary N) is 1. The maximum absolute atomic E-state index is 12.8. The molecule has 1 amide bonds. The van der Waals surface area contributed by atoms with Gasteiger partial charge in [0.2, 0.25) is 5.91 Å². The van der Waals surface area contributed by atoms with Crippen molar-refractivity contribution >= 4 is 16.7 Å². The van der Waals surface area contributed by atoms with E-state index in [9.17, 15) is 14.7 Å². The molecule has 1 aliphatic rings. The average Bonchev–Trinajstić information content (AvgIpc) is 2.65. The van der Waals surface area contributed by atoms with Crippen molar-refractivity contribution in [1.29, 1.82) is 0 Å². The smallest absolute Gasteiger partial charge is 0.275 e. The molecule has 0 radical (unpaired) electrons. The molecule has 0 atom stereocenters. The molecule has 0 unspecified atom stereocenters. The van der Waals surface area contributed by atoms with Gasteiger partial charge in [-0.05, 0) is 56.2 Å². The molecule has 1 saturated carbocycles. The molecule has 0 aliphatic heterocycles. The molecule has 26 heavy (non-hydrogen) atoms. The van der Waals surface area contributed by atoms with Crippen molar-refractivity contribution in [3.63, 3.8) is 0 Å². The number of nitrogens with zero attached hydrogens (tertiary/aromatic N) is 2. The minimum absolute atomic E-state index is 0.0693. The molecule has 6 nitrogen and oxygen atoms in total. The summed E-state index contributed by atoms with van der Waals surface area (Å²) < 4.78 is 1.28. The topological polar surface area (TPSA) is 84.2 Å². The van der Waals surface area contributed by atoms with Crippen LogP contribution in [0.15, 0.2) is 23.0 Å². The van der Waals surface area contributed by atoms with Gasteiger partial charge in [-0.2, -0.15) is 5.10 Å². The van der Waals surface area contributed by atoms with E-state index in [1.54, 1.807) is 0 Å². The number of amides is 1. The van der Waals surface area contributed by atoms with Crippen molar-refractivity contribution in [3.05, 3.63) is 39.8 Å². The van der Waals surface area contributed by atoms with Gasteiger partial charge in [0.25, 0.3) is 5.56 Å². The highest BCUT2D eigenvalue weighted by molar-refractivity contribution is 5.84. The Balaban J connectivity index is 1.82. The van der Waals surface area contributed by atoms with Crippen LogP contribution in [0.25, 0.3) is 10.8 Å². The Bertz CT molecular complexity index is 851. The van der Waals surface area contributed by atoms with Crippen LogP contribution in [-0.4, -0.2) is 32.9 Å². The fourth-order valence-corrected chi connectivity index (χ4v) is 3.62. The Morgan fingerprint density at radius 3 is 2.58 bits per heavy atom. The molecule has 0 spiro atoms. The predicted molar refractivity (Wildman–Crippen MR) is 101 cm³/mol. The Morgan fingerprint density at radius 2 is 1.92 bits per heavy atom. The fourth-order valence-electron chi connectivity index (χ4n) is 3.62. The minimum atomic E-state index is -0.256. The molecule has 1 heterocycles. The number of carbonyl (C=O) groups is 1. The first-order valence-corrected chi connectivity index (χ1v) is 9.51. The first kappa shape index (κ1) is 18.6. The van der Waals surface area contributed by atoms with Crippen molar-refractivity contribution in [3.8, 4) is 0 Å². The van der Waals surface area contributed by atoms with Crippen molar-refractivity contribution in [2.75, 3.05) is 0 Å². The highest BCUT2D eigenvalue weighted by atomic mass is 16.3. The number of hydrogen-bond donors (Lipinski definition) is 2. The Kier molecular flexibility index (Phi) is 5.71. The molecule has 1 aromatic heterocycles. The van der Waals surface area contributed by atoms with Crippen LogP contribution in [0.2, 0.25) is 0 Å². The first-order chi connectivity index (χ1) is 12.5. The zero-order valence-corrected chi connectivity index (χ0v) is 15.5. The number of aliphatic hydroxyl groups excluding tert-OH is 1. The largest absolute Gasteiger partial charge is 0.393 e. The van der Waals surface area contributed by atoms with Gasteiger partial charge in [0.1, 0.15) is 6.54 Å². The van der Waals surface area contributed by atoms with Crippen LogP contribution in [-0.2, 0) is 24.2 Å². The summed E-state index contributed by atoms with van der Waals surface area (Å²) in [6, 6.07) is 5.90. The molecular formula is C20H27N3O3. The van der Waals surface area contributed by atoms with Crippen molar-refractivity contribution < 1.29 is 9.90 Å². The number of fused-ring (bicyclic) bond motifs is 1. The Hall–Kier alpha value is -2.21. The van der Waals surface area contributed by atoms with Gasteiger partial charge in [0.05, 0.1) is 17.2 Å². The second-order valence-corrected chi connectivity index (χ2v) is 7.07. The summed E-state index contributed by atoms with van der Waals surface area (Å²) in [6.45, 7) is 4.01. The zero-order valence-electron chi connectivity index (χ0n) is 15.5. The van der Waals surface area contributed by atoms with Crippen LogP contribution in [0.5, 0.6) is 0 Å². The van der Waals surface area contributed by atoms with E-state index < -0.39 is 0 Å². The Morgan fingerprint density at radius 1 is 1.19 bits per heavy atom. The zero-order chi connectivity index (χ0) is 18.7. The van der Waals surface area contributed by atoms with Gasteiger partial charge in [0.15, 0.2) is 0 Å². The van der Waals surface area contributed by atoms with E-state index in [4.69, 9.17) is 0 Å². The van der Waals surface area contributed by atoms with Crippen LogP contribution in [0.4, 0.5) is 0 Å². The second kappa shape index (κ2) is 7.99. The van der Waals surface area contributed by atoms with E-state index in [1.807, 2.05) is 25.1 Å². The van der Waals surface area contributed by atoms with Gasteiger partial charge in [-0.25, -0.2) is 4.68 Å². The summed E-state index contributed by atoms with van der Waals surface area (Å²) in [5.74, 6) is -0.201. The van der Waals surface area contributed by atoms with Gasteiger partial charge in [-0.15, -0.1) is 0 Å². The van der Waals surface area contributed by atoms with Gasteiger partial charge >= 0.3 is 0 Å². The van der Waals surface area contributed by atoms with Gasteiger partial charge < -0.3 is 10.4 Å². The maximum Gasteiger partial charge on any atom is 0.275 e. The van der Waals surface area contributed by atoms with E-state index >= 15 is 0 Å². The molecular weight excluding hydrogens is 330 g/mol. The minimum Gasteiger partial charge on any atom is -0.393 e. The first-order valence-electron chi connectivity index (χ1n) is 9.51. The van der Waals surface area contributed by atoms with E-state index in [-0.39, 0.29) is 30.2 Å². The molecule has 2 N–H and O–H groups in total. The molecule has 1 aliphatic carbocycles. The number of aryl methyl sites for hydroxylation is 2. The number of rotatable bonds is 5. The summed E-state index contributed by atoms with van der Waals surface area (Å²) >= 11 is 0. The fraction of sp³-hybridized carbons (Fsp3) is 0.550. The van der Waals surface area contributed by atoms with Gasteiger partial charge in [-0.1, -0.05) is 19.9 Å². The quantitative estimate of drug-likeness (QED) is 0.856. The summed E-state index contributed by atoms with van der Waals surface area (Å²) in [7, 11) is 0. The summed E-state index contributed by atoms with van der Waals surface area (Å²) in [5, 5.41) is 18.5. The monoisotopic (exact) mass is 357 g/mol. The van der Waals surface area contributed by atoms with Crippen LogP contribution < -0.4 is 10.9 Å². The second-order valence-electron chi connectivity index (χ2n) is 7.07. The number of aliphatic hydroxyl groups is 1. The average molecular weight is 357 g/mol. The van der Waals surface area contributed by atoms with Crippen LogP contribution in [0.3, 0.4) is 0 Å². The van der Waals surface area contributed by atoms with Crippen molar-refractivity contribution in [2.45, 2.75) is 71.1 Å². The summed E-state index contributed by atoms with van der Waals surface area (Å²) in [4.78, 5) is 25.1. The lowest BCUT2D eigenvalue weighted by atomic mass is 9.93. The molecule has 1 aromatic carbocycles. The molecule has 3 rings (SSSR count). The van der Waals surface area contributed by atoms with Crippen molar-refractivity contribution in [1.82, 2.24) is 15.1 Å². The van der Waals surface area contributed by atoms with Gasteiger partial charge in [0, 0.05) is 11.4 Å². The third-order valence-electron chi connectivity index (χ3n) is 5.20. The van der Waals surface area contributed by atoms with E-state index in [2.05, 4.69) is 17.3 Å². The third-order valence-corrected chi connectivity index (χ3v) is 5.20. The maximum atomic E-state index is 12.8. The Labute approximate surface area is 153 Å². The highest BCUT2D eigenvalue weighted by Gasteiger charge is 2.21. The predicted octanol–water partition coefficient (Wildman–Crippen LogP) is 1.94. The highest BCUT2D eigenvalue weighted by Crippen LogP contribution is 2.19. The van der Waals surface area contributed by atoms with Crippen molar-refractivity contribution in [2.24, 2.45) is 0 Å². The van der Waals surface area contributed by atoms with E-state index in [0.29, 0.717) is 24.6 Å². The van der Waals surface area contributed by atoms with E-state index in [0.717, 1.165) is 30.3 Å². The van der Waals surface area contributed by atoms with E-state index in [1.165, 1.54) is 10.2 Å². The normalized spacial score (nSPS) is 20.3.